The maximum atomic E-state index is 12.1. The molecule has 0 aliphatic heterocycles. The molecule has 0 radical (unpaired) electrons. The van der Waals surface area contributed by atoms with Crippen LogP contribution in [0.4, 0.5) is 10.2 Å². The second kappa shape index (κ2) is 6.46. The lowest BCUT2D eigenvalue weighted by atomic mass is 10.1. The summed E-state index contributed by atoms with van der Waals surface area (Å²) in [7, 11) is 0. The number of nitrogens with one attached hydrogen (secondary N) is 1. The van der Waals surface area contributed by atoms with Crippen LogP contribution in [-0.4, -0.2) is 16.8 Å². The highest BCUT2D eigenvalue weighted by atomic mass is 35.5. The normalized spacial score (nSPS) is 12.3. The summed E-state index contributed by atoms with van der Waals surface area (Å²) in [5.74, 6) is 1.21. The summed E-state index contributed by atoms with van der Waals surface area (Å²) in [6.07, 6.45) is 1.52. The first-order chi connectivity index (χ1) is 10.7. The molecule has 4 nitrogen and oxygen atoms in total. The number of ether oxygens (including phenoxy) is 1. The molecular formula is C15H13ClFN3OS. The third kappa shape index (κ3) is 2.98. The Bertz CT molecular complexity index is 778. The fourth-order valence-electron chi connectivity index (χ4n) is 2.15. The number of hydrogen-bond donors (Lipinski definition) is 1. The van der Waals surface area contributed by atoms with Crippen LogP contribution in [-0.2, 0) is 0 Å². The topological polar surface area (TPSA) is 47.0 Å². The molecule has 1 aromatic carbocycles. The molecular weight excluding hydrogens is 325 g/mol. The predicted octanol–water partition coefficient (Wildman–Crippen LogP) is 4.82. The van der Waals surface area contributed by atoms with Gasteiger partial charge in [-0.2, -0.15) is 0 Å². The average Bonchev–Trinajstić information content (AvgIpc) is 2.91. The number of thiophene rings is 1. The maximum absolute atomic E-state index is 12.1. The highest BCUT2D eigenvalue weighted by Gasteiger charge is 2.13. The van der Waals surface area contributed by atoms with Gasteiger partial charge in [0.2, 0.25) is 6.86 Å². The summed E-state index contributed by atoms with van der Waals surface area (Å²) < 4.78 is 16.9. The van der Waals surface area contributed by atoms with E-state index in [-0.39, 0.29) is 6.04 Å². The predicted molar refractivity (Wildman–Crippen MR) is 87.5 cm³/mol. The van der Waals surface area contributed by atoms with Gasteiger partial charge in [-0.25, -0.2) is 14.4 Å². The zero-order valence-corrected chi connectivity index (χ0v) is 13.3. The van der Waals surface area contributed by atoms with Crippen LogP contribution in [0.25, 0.3) is 10.2 Å². The second-order valence-electron chi connectivity index (χ2n) is 4.67. The number of hydrogen-bond acceptors (Lipinski definition) is 5. The lowest BCUT2D eigenvalue weighted by Gasteiger charge is -2.16. The average molecular weight is 338 g/mol. The summed E-state index contributed by atoms with van der Waals surface area (Å²) in [6.45, 7) is 1.18. The van der Waals surface area contributed by atoms with Crippen molar-refractivity contribution in [3.05, 3.63) is 46.6 Å². The van der Waals surface area contributed by atoms with Gasteiger partial charge in [0.05, 0.1) is 10.4 Å². The van der Waals surface area contributed by atoms with Gasteiger partial charge in [-0.15, -0.1) is 11.3 Å². The molecule has 0 spiro atoms. The van der Waals surface area contributed by atoms with E-state index in [0.29, 0.717) is 16.6 Å². The van der Waals surface area contributed by atoms with Gasteiger partial charge in [-0.05, 0) is 24.6 Å². The minimum Gasteiger partial charge on any atom is -0.463 e. The first-order valence-corrected chi connectivity index (χ1v) is 7.87. The van der Waals surface area contributed by atoms with Crippen molar-refractivity contribution >= 4 is 39.0 Å². The van der Waals surface area contributed by atoms with Crippen LogP contribution in [0.2, 0.25) is 5.02 Å². The van der Waals surface area contributed by atoms with Gasteiger partial charge in [0.25, 0.3) is 0 Å². The first kappa shape index (κ1) is 15.0. The summed E-state index contributed by atoms with van der Waals surface area (Å²) >= 11 is 7.68. The molecule has 1 N–H and O–H groups in total. The van der Waals surface area contributed by atoms with E-state index >= 15 is 0 Å². The van der Waals surface area contributed by atoms with Gasteiger partial charge in [0.1, 0.15) is 22.7 Å². The van der Waals surface area contributed by atoms with Crippen LogP contribution in [0.5, 0.6) is 5.75 Å². The van der Waals surface area contributed by atoms with Crippen molar-refractivity contribution in [2.75, 3.05) is 12.2 Å². The number of fused-ring (bicyclic) bond motifs is 1. The highest BCUT2D eigenvalue weighted by molar-refractivity contribution is 7.17. The van der Waals surface area contributed by atoms with E-state index in [2.05, 4.69) is 15.3 Å². The Morgan fingerprint density at radius 1 is 1.32 bits per heavy atom. The van der Waals surface area contributed by atoms with Gasteiger partial charge in [0.15, 0.2) is 0 Å². The molecule has 0 aliphatic carbocycles. The minimum absolute atomic E-state index is 0.00786. The summed E-state index contributed by atoms with van der Waals surface area (Å²) in [6, 6.07) is 7.25. The quantitative estimate of drug-likeness (QED) is 0.724. The Morgan fingerprint density at radius 3 is 2.82 bits per heavy atom. The zero-order chi connectivity index (χ0) is 15.5. The Kier molecular flexibility index (Phi) is 4.40. The molecule has 114 valence electrons. The standard InChI is InChI=1S/C15H13ClFN3OS/c1-9(10-2-4-11(5-3-10)21-7-17)20-14-13-12(16)6-22-15(13)19-8-18-14/h2-6,8-9H,7H2,1H3,(H,18,19,20)/t9-/m0/s1. The molecule has 3 aromatic rings. The largest absolute Gasteiger partial charge is 0.463 e. The molecule has 0 bridgehead atoms. The lowest BCUT2D eigenvalue weighted by molar-refractivity contribution is 0.191. The van der Waals surface area contributed by atoms with E-state index in [0.717, 1.165) is 15.8 Å². The Morgan fingerprint density at radius 2 is 2.09 bits per heavy atom. The van der Waals surface area contributed by atoms with Gasteiger partial charge < -0.3 is 10.1 Å². The van der Waals surface area contributed by atoms with Crippen LogP contribution in [0.15, 0.2) is 36.0 Å². The number of nitrogens with zero attached hydrogens (tertiary/aromatic N) is 2. The molecule has 0 aliphatic rings. The molecule has 2 aromatic heterocycles. The third-order valence-corrected chi connectivity index (χ3v) is 4.59. The van der Waals surface area contributed by atoms with Gasteiger partial charge in [-0.3, -0.25) is 0 Å². The number of benzene rings is 1. The minimum atomic E-state index is -0.831. The van der Waals surface area contributed by atoms with Gasteiger partial charge >= 0.3 is 0 Å². The van der Waals surface area contributed by atoms with Crippen molar-refractivity contribution in [2.45, 2.75) is 13.0 Å². The Hall–Kier alpha value is -1.92. The van der Waals surface area contributed by atoms with Crippen molar-refractivity contribution in [3.63, 3.8) is 0 Å². The second-order valence-corrected chi connectivity index (χ2v) is 5.94. The van der Waals surface area contributed by atoms with Gasteiger partial charge in [-0.1, -0.05) is 23.7 Å². The van der Waals surface area contributed by atoms with E-state index in [1.807, 2.05) is 24.4 Å². The number of rotatable bonds is 5. The van der Waals surface area contributed by atoms with Crippen molar-refractivity contribution in [3.8, 4) is 5.75 Å². The number of halogens is 2. The van der Waals surface area contributed by atoms with Crippen LogP contribution in [0.3, 0.4) is 0 Å². The number of alkyl halides is 1. The zero-order valence-electron chi connectivity index (χ0n) is 11.7. The SMILES string of the molecule is C[C@H](Nc1ncnc2scc(Cl)c12)c1ccc(OCF)cc1. The molecule has 7 heteroatoms. The highest BCUT2D eigenvalue weighted by Crippen LogP contribution is 2.34. The van der Waals surface area contributed by atoms with Crippen molar-refractivity contribution in [2.24, 2.45) is 0 Å². The van der Waals surface area contributed by atoms with E-state index in [1.54, 1.807) is 12.1 Å². The molecule has 2 heterocycles. The molecule has 0 amide bonds. The maximum Gasteiger partial charge on any atom is 0.228 e. The van der Waals surface area contributed by atoms with E-state index in [9.17, 15) is 4.39 Å². The monoisotopic (exact) mass is 337 g/mol. The van der Waals surface area contributed by atoms with Gasteiger partial charge in [0, 0.05) is 11.4 Å². The number of anilines is 1. The van der Waals surface area contributed by atoms with Crippen molar-refractivity contribution in [1.29, 1.82) is 0 Å². The van der Waals surface area contributed by atoms with E-state index in [1.165, 1.54) is 17.7 Å². The third-order valence-electron chi connectivity index (χ3n) is 3.28. The summed E-state index contributed by atoms with van der Waals surface area (Å²) in [5.41, 5.74) is 1.03. The summed E-state index contributed by atoms with van der Waals surface area (Å²) in [4.78, 5) is 9.33. The molecule has 0 fully saturated rings. The molecule has 0 unspecified atom stereocenters. The first-order valence-electron chi connectivity index (χ1n) is 6.62. The van der Waals surface area contributed by atoms with Crippen LogP contribution >= 0.6 is 22.9 Å². The van der Waals surface area contributed by atoms with Crippen LogP contribution < -0.4 is 10.1 Å². The molecule has 1 atom stereocenters. The van der Waals surface area contributed by atoms with Crippen LogP contribution in [0.1, 0.15) is 18.5 Å². The molecule has 22 heavy (non-hydrogen) atoms. The Labute approximate surface area is 135 Å². The van der Waals surface area contributed by atoms with Crippen molar-refractivity contribution in [1.82, 2.24) is 9.97 Å². The Balaban J connectivity index is 1.83. The van der Waals surface area contributed by atoms with Crippen LogP contribution in [0, 0.1) is 0 Å². The number of aromatic nitrogens is 2. The fourth-order valence-corrected chi connectivity index (χ4v) is 3.29. The van der Waals surface area contributed by atoms with E-state index < -0.39 is 6.86 Å². The summed E-state index contributed by atoms with van der Waals surface area (Å²) in [5, 5.41) is 6.66. The molecule has 3 rings (SSSR count). The molecule has 0 saturated heterocycles. The van der Waals surface area contributed by atoms with Crippen molar-refractivity contribution < 1.29 is 9.13 Å². The molecule has 0 saturated carbocycles. The van der Waals surface area contributed by atoms with E-state index in [4.69, 9.17) is 16.3 Å². The smallest absolute Gasteiger partial charge is 0.228 e. The lowest BCUT2D eigenvalue weighted by Crippen LogP contribution is -2.08. The fraction of sp³-hybridized carbons (Fsp3) is 0.200.